The first-order chi connectivity index (χ1) is 19.9. The fourth-order valence-corrected chi connectivity index (χ4v) is 6.99. The van der Waals surface area contributed by atoms with E-state index in [1.165, 1.54) is 45.5 Å². The standard InChI is InChI=1S/C30H31N3O9/c1-33(2)24-18-11-14-10-17-15(16-9-13(12-32-42-4)5-8-20(16)41-3)6-7-19(34)22(17)25(35)21(14)27(37)30(18,40)28(38)23(26(24)36)29(31)39/h5-9,12,14,18,21,23-24,34,40H,10-11H2,1-4H3,(H2,31,39)/b32-12-/t14-,18-,21?,23?,24-,30-/m1/s1. The minimum atomic E-state index is -2.78. The third-order valence-electron chi connectivity index (χ3n) is 8.77. The molecule has 1 amide bonds. The van der Waals surface area contributed by atoms with Gasteiger partial charge in [-0.05, 0) is 73.8 Å². The van der Waals surface area contributed by atoms with E-state index >= 15 is 0 Å². The Labute approximate surface area is 241 Å². The van der Waals surface area contributed by atoms with Crippen LogP contribution in [0, 0.1) is 23.7 Å². The number of nitrogens with zero attached hydrogens (tertiary/aromatic N) is 2. The molecule has 12 nitrogen and oxygen atoms in total. The number of ether oxygens (including phenoxy) is 1. The molecule has 2 aromatic carbocycles. The molecule has 2 saturated carbocycles. The van der Waals surface area contributed by atoms with E-state index in [4.69, 9.17) is 15.3 Å². The van der Waals surface area contributed by atoms with Crippen molar-refractivity contribution < 1.29 is 43.8 Å². The molecule has 4 N–H and O–H groups in total. The Bertz CT molecular complexity index is 1570. The van der Waals surface area contributed by atoms with Crippen LogP contribution in [0.25, 0.3) is 11.1 Å². The average Bonchev–Trinajstić information content (AvgIpc) is 2.93. The van der Waals surface area contributed by atoms with Crippen LogP contribution in [0.2, 0.25) is 0 Å². The summed E-state index contributed by atoms with van der Waals surface area (Å²) in [6.45, 7) is 0. The van der Waals surface area contributed by atoms with Gasteiger partial charge in [0.25, 0.3) is 0 Å². The third kappa shape index (κ3) is 4.12. The van der Waals surface area contributed by atoms with Crippen LogP contribution in [-0.4, -0.2) is 90.3 Å². The molecule has 2 fully saturated rings. The maximum atomic E-state index is 14.0. The zero-order valence-electron chi connectivity index (χ0n) is 23.5. The highest BCUT2D eigenvalue weighted by molar-refractivity contribution is 6.32. The van der Waals surface area contributed by atoms with Crippen molar-refractivity contribution in [3.63, 3.8) is 0 Å². The highest BCUT2D eigenvalue weighted by Gasteiger charge is 2.69. The smallest absolute Gasteiger partial charge is 0.235 e. The van der Waals surface area contributed by atoms with Crippen LogP contribution in [0.4, 0.5) is 0 Å². The number of benzene rings is 2. The summed E-state index contributed by atoms with van der Waals surface area (Å²) in [5.74, 6) is -10.5. The summed E-state index contributed by atoms with van der Waals surface area (Å²) in [4.78, 5) is 73.1. The maximum absolute atomic E-state index is 14.0. The van der Waals surface area contributed by atoms with Crippen molar-refractivity contribution in [3.05, 3.63) is 47.0 Å². The van der Waals surface area contributed by atoms with E-state index in [9.17, 15) is 34.2 Å². The number of fused-ring (bicyclic) bond motifs is 3. The maximum Gasteiger partial charge on any atom is 0.235 e. The summed E-state index contributed by atoms with van der Waals surface area (Å²) in [5.41, 5.74) is 4.79. The third-order valence-corrected chi connectivity index (χ3v) is 8.77. The lowest BCUT2D eigenvalue weighted by molar-refractivity contribution is -0.181. The lowest BCUT2D eigenvalue weighted by Crippen LogP contribution is -2.74. The van der Waals surface area contributed by atoms with Crippen molar-refractivity contribution in [1.82, 2.24) is 4.90 Å². The molecule has 2 aromatic rings. The molecule has 0 saturated heterocycles. The second-order valence-electron chi connectivity index (χ2n) is 11.2. The summed E-state index contributed by atoms with van der Waals surface area (Å²) < 4.78 is 5.58. The number of amides is 1. The zero-order valence-corrected chi connectivity index (χ0v) is 23.5. The summed E-state index contributed by atoms with van der Waals surface area (Å²) in [7, 11) is 5.98. The van der Waals surface area contributed by atoms with Crippen LogP contribution in [0.1, 0.15) is 27.9 Å². The number of carbonyl (C=O) groups is 5. The van der Waals surface area contributed by atoms with E-state index in [0.29, 0.717) is 28.0 Å². The van der Waals surface area contributed by atoms with Crippen molar-refractivity contribution in [2.24, 2.45) is 34.6 Å². The Kier molecular flexibility index (Phi) is 7.23. The van der Waals surface area contributed by atoms with Crippen LogP contribution in [0.5, 0.6) is 11.5 Å². The van der Waals surface area contributed by atoms with Gasteiger partial charge in [0, 0.05) is 11.5 Å². The van der Waals surface area contributed by atoms with Gasteiger partial charge >= 0.3 is 0 Å². The lowest BCUT2D eigenvalue weighted by atomic mass is 9.52. The molecule has 0 bridgehead atoms. The normalized spacial score (nSPS) is 28.9. The van der Waals surface area contributed by atoms with E-state index in [-0.39, 0.29) is 24.2 Å². The average molecular weight is 578 g/mol. The minimum Gasteiger partial charge on any atom is -0.507 e. The molecule has 0 aromatic heterocycles. The number of phenols is 1. The summed E-state index contributed by atoms with van der Waals surface area (Å²) in [6, 6.07) is 7.07. The summed E-state index contributed by atoms with van der Waals surface area (Å²) >= 11 is 0. The monoisotopic (exact) mass is 577 g/mol. The van der Waals surface area contributed by atoms with Crippen LogP contribution < -0.4 is 10.5 Å². The van der Waals surface area contributed by atoms with Crippen molar-refractivity contribution in [2.75, 3.05) is 28.3 Å². The number of aromatic hydroxyl groups is 1. The predicted molar refractivity (Wildman–Crippen MR) is 148 cm³/mol. The molecular formula is C30H31N3O9. The van der Waals surface area contributed by atoms with Crippen molar-refractivity contribution in [3.8, 4) is 22.6 Å². The number of rotatable bonds is 6. The molecule has 3 aliphatic carbocycles. The number of primary amides is 1. The first kappa shape index (κ1) is 29.1. The molecule has 3 aliphatic rings. The number of aliphatic hydroxyl groups is 1. The van der Waals surface area contributed by atoms with Crippen LogP contribution in [-0.2, 0) is 30.4 Å². The first-order valence-electron chi connectivity index (χ1n) is 13.3. The first-order valence-corrected chi connectivity index (χ1v) is 13.3. The van der Waals surface area contributed by atoms with Crippen LogP contribution in [0.15, 0.2) is 35.5 Å². The topological polar surface area (TPSA) is 186 Å². The van der Waals surface area contributed by atoms with E-state index < -0.39 is 64.4 Å². The molecule has 0 spiro atoms. The van der Waals surface area contributed by atoms with Crippen molar-refractivity contribution in [2.45, 2.75) is 24.5 Å². The van der Waals surface area contributed by atoms with Gasteiger partial charge in [0.2, 0.25) is 5.91 Å². The number of likely N-dealkylation sites (N-methyl/N-ethyl adjacent to an activating group) is 1. The van der Waals surface area contributed by atoms with Crippen molar-refractivity contribution in [1.29, 1.82) is 0 Å². The van der Waals surface area contributed by atoms with Gasteiger partial charge in [0.15, 0.2) is 34.7 Å². The number of nitrogens with two attached hydrogens (primary N) is 1. The Morgan fingerprint density at radius 1 is 1.10 bits per heavy atom. The molecule has 0 aliphatic heterocycles. The molecule has 0 heterocycles. The van der Waals surface area contributed by atoms with E-state index in [2.05, 4.69) is 5.16 Å². The number of ketones is 4. The molecule has 12 heteroatoms. The molecule has 42 heavy (non-hydrogen) atoms. The molecule has 6 atom stereocenters. The Morgan fingerprint density at radius 2 is 1.81 bits per heavy atom. The fraction of sp³-hybridized carbons (Fsp3) is 0.400. The van der Waals surface area contributed by atoms with Gasteiger partial charge in [-0.1, -0.05) is 11.2 Å². The molecule has 220 valence electrons. The van der Waals surface area contributed by atoms with Gasteiger partial charge in [0.1, 0.15) is 18.6 Å². The number of methoxy groups -OCH3 is 1. The van der Waals surface area contributed by atoms with Gasteiger partial charge in [0.05, 0.1) is 30.8 Å². The molecule has 0 radical (unpaired) electrons. The molecular weight excluding hydrogens is 546 g/mol. The highest BCUT2D eigenvalue weighted by Crippen LogP contribution is 2.52. The number of carbonyl (C=O) groups excluding carboxylic acids is 5. The van der Waals surface area contributed by atoms with Crippen LogP contribution >= 0.6 is 0 Å². The number of Topliss-reactive ketones (excluding diaryl/α,β-unsaturated/α-hetero) is 4. The number of hydrogen-bond acceptors (Lipinski definition) is 11. The van der Waals surface area contributed by atoms with Gasteiger partial charge < -0.3 is 25.5 Å². The van der Waals surface area contributed by atoms with Crippen molar-refractivity contribution >= 4 is 35.3 Å². The Hall–Kier alpha value is -4.42. The van der Waals surface area contributed by atoms with Crippen LogP contribution in [0.3, 0.4) is 0 Å². The molecule has 5 rings (SSSR count). The quantitative estimate of drug-likeness (QED) is 0.248. The zero-order chi connectivity index (χ0) is 30.7. The second kappa shape index (κ2) is 10.4. The number of hydrogen-bond donors (Lipinski definition) is 3. The van der Waals surface area contributed by atoms with E-state index in [1.807, 2.05) is 0 Å². The van der Waals surface area contributed by atoms with E-state index in [0.717, 1.165) is 0 Å². The summed E-state index contributed by atoms with van der Waals surface area (Å²) in [6.07, 6.45) is 1.57. The number of oxime groups is 1. The number of phenolic OH excluding ortho intramolecular Hbond substituents is 1. The predicted octanol–water partition coefficient (Wildman–Crippen LogP) is 0.523. The SMILES string of the molecule is CO/N=C\c1ccc(OC)c(-c2ccc(O)c3c2C[C@@H]2C[C@@H]4[C@@H](N(C)C)C(=O)C(C(N)=O)C(=O)[C@]4(O)C(=O)C2C3=O)c1. The fourth-order valence-electron chi connectivity index (χ4n) is 6.99. The van der Waals surface area contributed by atoms with E-state index in [1.54, 1.807) is 24.3 Å². The largest absolute Gasteiger partial charge is 0.507 e. The Balaban J connectivity index is 1.67. The van der Waals surface area contributed by atoms with Gasteiger partial charge in [-0.15, -0.1) is 0 Å². The summed E-state index contributed by atoms with van der Waals surface area (Å²) in [5, 5.41) is 26.4. The minimum absolute atomic E-state index is 0.0450. The highest BCUT2D eigenvalue weighted by atomic mass is 16.6. The van der Waals surface area contributed by atoms with Gasteiger partial charge in [-0.3, -0.25) is 28.9 Å². The van der Waals surface area contributed by atoms with Gasteiger partial charge in [-0.2, -0.15) is 0 Å². The second-order valence-corrected chi connectivity index (χ2v) is 11.2. The van der Waals surface area contributed by atoms with Gasteiger partial charge in [-0.25, -0.2) is 0 Å². The Morgan fingerprint density at radius 3 is 2.43 bits per heavy atom. The molecule has 2 unspecified atom stereocenters. The lowest BCUT2D eigenvalue weighted by Gasteiger charge is -2.52.